The van der Waals surface area contributed by atoms with Gasteiger partial charge in [0.25, 0.3) is 0 Å². The van der Waals surface area contributed by atoms with Crippen molar-refractivity contribution in [3.05, 3.63) is 21.7 Å². The topological polar surface area (TPSA) is 111 Å². The summed E-state index contributed by atoms with van der Waals surface area (Å²) in [4.78, 5) is 17.1. The van der Waals surface area contributed by atoms with Gasteiger partial charge in [-0.1, -0.05) is 16.5 Å². The minimum Gasteiger partial charge on any atom is -0.361 e. The molecule has 0 aliphatic carbocycles. The van der Waals surface area contributed by atoms with Crippen LogP contribution in [0.3, 0.4) is 0 Å². The zero-order valence-electron chi connectivity index (χ0n) is 10.8. The van der Waals surface area contributed by atoms with E-state index in [4.69, 9.17) is 10.3 Å². The second kappa shape index (κ2) is 5.63. The Balaban J connectivity index is 1.62. The van der Waals surface area contributed by atoms with E-state index in [1.165, 1.54) is 24.2 Å². The summed E-state index contributed by atoms with van der Waals surface area (Å²) in [6.45, 7) is 3.10. The zero-order chi connectivity index (χ0) is 13.9. The molecule has 3 heterocycles. The third kappa shape index (κ3) is 2.99. The van der Waals surface area contributed by atoms with E-state index in [2.05, 4.69) is 25.2 Å². The molecule has 0 spiro atoms. The van der Waals surface area contributed by atoms with Gasteiger partial charge in [0.2, 0.25) is 0 Å². The molecule has 2 N–H and O–H groups in total. The highest BCUT2D eigenvalue weighted by Crippen LogP contribution is 2.17. The summed E-state index contributed by atoms with van der Waals surface area (Å²) in [6.07, 6.45) is 2.91. The molecule has 0 radical (unpaired) electrons. The van der Waals surface area contributed by atoms with Gasteiger partial charge in [-0.3, -0.25) is 9.69 Å². The number of nitrogens with two attached hydrogens (primary N) is 1. The number of aromatic nitrogens is 4. The van der Waals surface area contributed by atoms with E-state index < -0.39 is 5.91 Å². The first-order chi connectivity index (χ1) is 9.70. The maximum absolute atomic E-state index is 10.9. The van der Waals surface area contributed by atoms with Gasteiger partial charge in [0.05, 0.1) is 13.0 Å². The monoisotopic (exact) mass is 294 g/mol. The molecule has 2 aromatic heterocycles. The Labute approximate surface area is 119 Å². The first kappa shape index (κ1) is 13.1. The Kier molecular flexibility index (Phi) is 3.70. The highest BCUT2D eigenvalue weighted by molar-refractivity contribution is 7.11. The van der Waals surface area contributed by atoms with Crippen LogP contribution in [0.25, 0.3) is 0 Å². The Morgan fingerprint density at radius 3 is 2.75 bits per heavy atom. The Hall–Kier alpha value is -1.87. The van der Waals surface area contributed by atoms with E-state index >= 15 is 0 Å². The molecule has 9 heteroatoms. The van der Waals surface area contributed by atoms with Gasteiger partial charge < -0.3 is 10.3 Å². The number of rotatable bonds is 5. The lowest BCUT2D eigenvalue weighted by Crippen LogP contribution is -2.18. The minimum absolute atomic E-state index is 0.179. The van der Waals surface area contributed by atoms with E-state index in [-0.39, 0.29) is 5.89 Å². The highest BCUT2D eigenvalue weighted by Gasteiger charge is 2.16. The first-order valence-electron chi connectivity index (χ1n) is 6.37. The molecule has 0 saturated carbocycles. The van der Waals surface area contributed by atoms with E-state index in [0.717, 1.165) is 29.6 Å². The number of amides is 1. The van der Waals surface area contributed by atoms with E-state index in [1.54, 1.807) is 0 Å². The quantitative estimate of drug-likeness (QED) is 0.838. The second-order valence-electron chi connectivity index (χ2n) is 4.63. The second-order valence-corrected chi connectivity index (χ2v) is 5.78. The maximum Gasteiger partial charge on any atom is 0.315 e. The highest BCUT2D eigenvalue weighted by atomic mass is 32.1. The van der Waals surface area contributed by atoms with Gasteiger partial charge >= 0.3 is 11.8 Å². The molecule has 3 rings (SSSR count). The summed E-state index contributed by atoms with van der Waals surface area (Å²) >= 11 is 1.53. The fraction of sp³-hybridized carbons (Fsp3) is 0.545. The average Bonchev–Trinajstić information content (AvgIpc) is 3.12. The normalized spacial score (nSPS) is 15.8. The molecule has 20 heavy (non-hydrogen) atoms. The number of nitrogens with zero attached hydrogens (tertiary/aromatic N) is 5. The van der Waals surface area contributed by atoms with Crippen molar-refractivity contribution >= 4 is 17.2 Å². The van der Waals surface area contributed by atoms with Crippen LogP contribution >= 0.6 is 11.3 Å². The van der Waals surface area contributed by atoms with Crippen LogP contribution in [-0.4, -0.2) is 44.2 Å². The van der Waals surface area contributed by atoms with Crippen molar-refractivity contribution in [3.8, 4) is 0 Å². The fourth-order valence-corrected chi connectivity index (χ4v) is 3.00. The molecule has 106 valence electrons. The third-order valence-corrected chi connectivity index (χ3v) is 3.96. The van der Waals surface area contributed by atoms with E-state index in [0.29, 0.717) is 12.2 Å². The van der Waals surface area contributed by atoms with Crippen molar-refractivity contribution in [2.75, 3.05) is 13.1 Å². The van der Waals surface area contributed by atoms with Crippen molar-refractivity contribution in [3.63, 3.8) is 0 Å². The van der Waals surface area contributed by atoms with E-state index in [9.17, 15) is 4.79 Å². The summed E-state index contributed by atoms with van der Waals surface area (Å²) in [5.74, 6) is -0.514. The molecular weight excluding hydrogens is 280 g/mol. The van der Waals surface area contributed by atoms with Gasteiger partial charge in [-0.15, -0.1) is 10.2 Å². The standard InChI is InChI=1S/C11H14N6O2S/c12-10(18)11-13-7(16-19-11)5-8-14-15-9(20-8)6-17-3-1-2-4-17/h1-6H2,(H2,12,18). The maximum atomic E-state index is 10.9. The molecule has 1 aliphatic heterocycles. The summed E-state index contributed by atoms with van der Waals surface area (Å²) in [5.41, 5.74) is 5.05. The molecule has 2 aromatic rings. The lowest BCUT2D eigenvalue weighted by Gasteiger charge is -2.10. The zero-order valence-corrected chi connectivity index (χ0v) is 11.6. The van der Waals surface area contributed by atoms with Crippen LogP contribution in [0.4, 0.5) is 0 Å². The molecular formula is C11H14N6O2S. The lowest BCUT2D eigenvalue weighted by molar-refractivity contribution is 0.0958. The predicted octanol–water partition coefficient (Wildman–Crippen LogP) is 0.207. The summed E-state index contributed by atoms with van der Waals surface area (Å²) in [5, 5.41) is 13.8. The molecule has 8 nitrogen and oxygen atoms in total. The first-order valence-corrected chi connectivity index (χ1v) is 7.18. The minimum atomic E-state index is -0.726. The van der Waals surface area contributed by atoms with Gasteiger partial charge in [-0.05, 0) is 25.9 Å². The third-order valence-electron chi connectivity index (χ3n) is 3.05. The number of likely N-dealkylation sites (tertiary alicyclic amines) is 1. The summed E-state index contributed by atoms with van der Waals surface area (Å²) < 4.78 is 4.73. The van der Waals surface area contributed by atoms with Crippen LogP contribution in [0, 0.1) is 0 Å². The number of carbonyl (C=O) groups is 1. The van der Waals surface area contributed by atoms with Gasteiger partial charge in [0.15, 0.2) is 5.82 Å². The number of hydrogen-bond donors (Lipinski definition) is 1. The largest absolute Gasteiger partial charge is 0.361 e. The van der Waals surface area contributed by atoms with Crippen LogP contribution in [-0.2, 0) is 13.0 Å². The lowest BCUT2D eigenvalue weighted by atomic mass is 10.4. The van der Waals surface area contributed by atoms with Gasteiger partial charge in [0, 0.05) is 0 Å². The Bertz CT molecular complexity index is 604. The van der Waals surface area contributed by atoms with Crippen molar-refractivity contribution in [1.82, 2.24) is 25.2 Å². The Morgan fingerprint density at radius 1 is 1.30 bits per heavy atom. The molecule has 1 saturated heterocycles. The predicted molar refractivity (Wildman–Crippen MR) is 70.0 cm³/mol. The van der Waals surface area contributed by atoms with Gasteiger partial charge in [0.1, 0.15) is 10.0 Å². The SMILES string of the molecule is NC(=O)c1nc(Cc2nnc(CN3CCCC3)s2)no1. The van der Waals surface area contributed by atoms with Crippen LogP contribution in [0.15, 0.2) is 4.52 Å². The van der Waals surface area contributed by atoms with Gasteiger partial charge in [-0.25, -0.2) is 0 Å². The van der Waals surface area contributed by atoms with Crippen molar-refractivity contribution in [2.45, 2.75) is 25.8 Å². The fourth-order valence-electron chi connectivity index (χ4n) is 2.12. The number of carbonyl (C=O) groups excluding carboxylic acids is 1. The van der Waals surface area contributed by atoms with Crippen LogP contribution in [0.2, 0.25) is 0 Å². The molecule has 0 unspecified atom stereocenters. The number of hydrogen-bond acceptors (Lipinski definition) is 8. The van der Waals surface area contributed by atoms with Crippen LogP contribution < -0.4 is 5.73 Å². The molecule has 1 aliphatic rings. The molecule has 1 fully saturated rings. The molecule has 0 bridgehead atoms. The van der Waals surface area contributed by atoms with Crippen molar-refractivity contribution in [1.29, 1.82) is 0 Å². The average molecular weight is 294 g/mol. The van der Waals surface area contributed by atoms with Crippen molar-refractivity contribution < 1.29 is 9.32 Å². The van der Waals surface area contributed by atoms with Gasteiger partial charge in [-0.2, -0.15) is 4.98 Å². The summed E-state index contributed by atoms with van der Waals surface area (Å²) in [7, 11) is 0. The van der Waals surface area contributed by atoms with Crippen LogP contribution in [0.1, 0.15) is 39.4 Å². The number of primary amides is 1. The molecule has 0 atom stereocenters. The smallest absolute Gasteiger partial charge is 0.315 e. The summed E-state index contributed by atoms with van der Waals surface area (Å²) in [6, 6.07) is 0. The molecule has 1 amide bonds. The van der Waals surface area contributed by atoms with Crippen LogP contribution in [0.5, 0.6) is 0 Å². The van der Waals surface area contributed by atoms with Crippen molar-refractivity contribution in [2.24, 2.45) is 5.73 Å². The Morgan fingerprint density at radius 2 is 2.05 bits per heavy atom. The van der Waals surface area contributed by atoms with E-state index in [1.807, 2.05) is 0 Å². The molecule has 0 aromatic carbocycles.